The van der Waals surface area contributed by atoms with Crippen LogP contribution in [-0.2, 0) is 12.2 Å². The molecule has 2 unspecified atom stereocenters. The Morgan fingerprint density at radius 2 is 2.12 bits per heavy atom. The van der Waals surface area contributed by atoms with Crippen molar-refractivity contribution in [2.45, 2.75) is 57.1 Å². The second kappa shape index (κ2) is 7.67. The number of aromatic nitrogens is 2. The van der Waals surface area contributed by atoms with E-state index in [4.69, 9.17) is 5.73 Å². The topological polar surface area (TPSA) is 51.8 Å². The van der Waals surface area contributed by atoms with E-state index in [1.807, 2.05) is 24.0 Å². The Kier molecular flexibility index (Phi) is 6.52. The molecule has 0 aliphatic carbocycles. The van der Waals surface area contributed by atoms with E-state index in [-0.39, 0.29) is 6.04 Å². The molecule has 0 saturated carbocycles. The highest BCUT2D eigenvalue weighted by molar-refractivity contribution is 7.99. The van der Waals surface area contributed by atoms with E-state index in [1.54, 1.807) is 0 Å². The lowest BCUT2D eigenvalue weighted by Crippen LogP contribution is -2.22. The first-order chi connectivity index (χ1) is 8.15. The molecule has 96 valence electrons. The van der Waals surface area contributed by atoms with E-state index in [2.05, 4.69) is 30.7 Å². The molecule has 4 heteroatoms. The lowest BCUT2D eigenvalue weighted by Gasteiger charge is -2.10. The molecule has 0 aromatic carbocycles. The summed E-state index contributed by atoms with van der Waals surface area (Å²) in [6, 6.07) is 2.17. The minimum absolute atomic E-state index is 0.208. The van der Waals surface area contributed by atoms with Crippen LogP contribution in [0, 0.1) is 0 Å². The van der Waals surface area contributed by atoms with E-state index in [0.717, 1.165) is 30.1 Å². The minimum Gasteiger partial charge on any atom is -0.327 e. The average Bonchev–Trinajstić information content (AvgIpc) is 2.36. The van der Waals surface area contributed by atoms with Crippen LogP contribution in [0.15, 0.2) is 12.3 Å². The highest BCUT2D eigenvalue weighted by Gasteiger charge is 2.06. The molecule has 1 aromatic heterocycles. The average molecular weight is 253 g/mol. The monoisotopic (exact) mass is 253 g/mol. The van der Waals surface area contributed by atoms with Crippen molar-refractivity contribution < 1.29 is 0 Å². The van der Waals surface area contributed by atoms with Crippen LogP contribution in [0.4, 0.5) is 0 Å². The van der Waals surface area contributed by atoms with Crippen LogP contribution in [0.5, 0.6) is 0 Å². The predicted octanol–water partition coefficient (Wildman–Crippen LogP) is 2.79. The second-order valence-corrected chi connectivity index (χ2v) is 5.79. The van der Waals surface area contributed by atoms with Gasteiger partial charge in [0.15, 0.2) is 0 Å². The molecule has 1 aromatic rings. The standard InChI is InChI=1S/C13H23N3S/c1-4-10(3)17-9-13-15-7-6-12(16-13)8-11(14)5-2/h6-7,10-11H,4-5,8-9,14H2,1-3H3. The molecule has 0 spiro atoms. The molecule has 0 saturated heterocycles. The minimum atomic E-state index is 0.208. The van der Waals surface area contributed by atoms with E-state index >= 15 is 0 Å². The van der Waals surface area contributed by atoms with Crippen LogP contribution in [0.2, 0.25) is 0 Å². The fourth-order valence-corrected chi connectivity index (χ4v) is 2.18. The Morgan fingerprint density at radius 3 is 2.76 bits per heavy atom. The summed E-state index contributed by atoms with van der Waals surface area (Å²) in [5, 5.41) is 0.667. The van der Waals surface area contributed by atoms with Crippen molar-refractivity contribution >= 4 is 11.8 Å². The molecule has 0 fully saturated rings. The Balaban J connectivity index is 2.53. The number of hydrogen-bond acceptors (Lipinski definition) is 4. The molecule has 3 nitrogen and oxygen atoms in total. The number of nitrogens with zero attached hydrogens (tertiary/aromatic N) is 2. The zero-order valence-electron chi connectivity index (χ0n) is 11.0. The summed E-state index contributed by atoms with van der Waals surface area (Å²) in [6.45, 7) is 6.54. The van der Waals surface area contributed by atoms with Crippen LogP contribution in [0.25, 0.3) is 0 Å². The van der Waals surface area contributed by atoms with Crippen LogP contribution in [-0.4, -0.2) is 21.3 Å². The van der Waals surface area contributed by atoms with Crippen molar-refractivity contribution in [3.8, 4) is 0 Å². The smallest absolute Gasteiger partial charge is 0.138 e. The lowest BCUT2D eigenvalue weighted by atomic mass is 10.1. The highest BCUT2D eigenvalue weighted by Crippen LogP contribution is 2.17. The molecule has 1 rings (SSSR count). The molecule has 17 heavy (non-hydrogen) atoms. The Morgan fingerprint density at radius 1 is 1.35 bits per heavy atom. The zero-order valence-corrected chi connectivity index (χ0v) is 11.8. The molecular formula is C13H23N3S. The van der Waals surface area contributed by atoms with Crippen LogP contribution in [0.3, 0.4) is 0 Å². The summed E-state index contributed by atoms with van der Waals surface area (Å²) in [7, 11) is 0. The maximum Gasteiger partial charge on any atom is 0.138 e. The van der Waals surface area contributed by atoms with Crippen molar-refractivity contribution in [2.24, 2.45) is 5.73 Å². The number of thioether (sulfide) groups is 1. The Bertz CT molecular complexity index is 330. The van der Waals surface area contributed by atoms with Crippen molar-refractivity contribution in [1.82, 2.24) is 9.97 Å². The summed E-state index contributed by atoms with van der Waals surface area (Å²) in [5.41, 5.74) is 7.00. The zero-order chi connectivity index (χ0) is 12.7. The summed E-state index contributed by atoms with van der Waals surface area (Å²) in [5.74, 6) is 1.82. The number of rotatable bonds is 7. The normalized spacial score (nSPS) is 14.6. The first kappa shape index (κ1) is 14.5. The van der Waals surface area contributed by atoms with Crippen molar-refractivity contribution in [3.63, 3.8) is 0 Å². The van der Waals surface area contributed by atoms with Gasteiger partial charge in [-0.3, -0.25) is 0 Å². The molecular weight excluding hydrogens is 230 g/mol. The summed E-state index contributed by atoms with van der Waals surface area (Å²) in [6.07, 6.45) is 4.86. The summed E-state index contributed by atoms with van der Waals surface area (Å²) < 4.78 is 0. The third kappa shape index (κ3) is 5.50. The van der Waals surface area contributed by atoms with Crippen LogP contribution < -0.4 is 5.73 Å². The van der Waals surface area contributed by atoms with Crippen LogP contribution >= 0.6 is 11.8 Å². The molecule has 0 amide bonds. The molecule has 2 atom stereocenters. The van der Waals surface area contributed by atoms with Crippen LogP contribution in [0.1, 0.15) is 45.1 Å². The van der Waals surface area contributed by atoms with Gasteiger partial charge in [0.25, 0.3) is 0 Å². The molecule has 1 heterocycles. The lowest BCUT2D eigenvalue weighted by molar-refractivity contribution is 0.634. The van der Waals surface area contributed by atoms with Crippen molar-refractivity contribution in [2.75, 3.05) is 0 Å². The molecule has 2 N–H and O–H groups in total. The number of nitrogens with two attached hydrogens (primary N) is 1. The van der Waals surface area contributed by atoms with Gasteiger partial charge in [0.1, 0.15) is 5.82 Å². The fourth-order valence-electron chi connectivity index (χ4n) is 1.37. The fraction of sp³-hybridized carbons (Fsp3) is 0.692. The van der Waals surface area contributed by atoms with Gasteiger partial charge in [-0.15, -0.1) is 0 Å². The third-order valence-electron chi connectivity index (χ3n) is 2.83. The van der Waals surface area contributed by atoms with Gasteiger partial charge in [-0.05, 0) is 18.9 Å². The maximum absolute atomic E-state index is 5.93. The Labute approximate surface area is 109 Å². The highest BCUT2D eigenvalue weighted by atomic mass is 32.2. The second-order valence-electron chi connectivity index (χ2n) is 4.37. The van der Waals surface area contributed by atoms with Crippen molar-refractivity contribution in [3.05, 3.63) is 23.8 Å². The van der Waals surface area contributed by atoms with Gasteiger partial charge in [-0.1, -0.05) is 20.8 Å². The van der Waals surface area contributed by atoms with E-state index in [1.165, 1.54) is 6.42 Å². The van der Waals surface area contributed by atoms with E-state index < -0.39 is 0 Å². The predicted molar refractivity (Wildman–Crippen MR) is 75.1 cm³/mol. The summed E-state index contributed by atoms with van der Waals surface area (Å²) >= 11 is 1.91. The van der Waals surface area contributed by atoms with Gasteiger partial charge in [0, 0.05) is 29.6 Å². The van der Waals surface area contributed by atoms with Gasteiger partial charge < -0.3 is 5.73 Å². The SMILES string of the molecule is CCC(N)Cc1ccnc(CSC(C)CC)n1. The van der Waals surface area contributed by atoms with E-state index in [0.29, 0.717) is 5.25 Å². The largest absolute Gasteiger partial charge is 0.327 e. The molecule has 0 aliphatic rings. The maximum atomic E-state index is 5.93. The Hall–Kier alpha value is -0.610. The molecule has 0 bridgehead atoms. The first-order valence-electron chi connectivity index (χ1n) is 6.33. The van der Waals surface area contributed by atoms with Gasteiger partial charge in [0.2, 0.25) is 0 Å². The molecule has 0 aliphatic heterocycles. The number of hydrogen-bond donors (Lipinski definition) is 1. The van der Waals surface area contributed by atoms with Crippen molar-refractivity contribution in [1.29, 1.82) is 0 Å². The van der Waals surface area contributed by atoms with Gasteiger partial charge in [-0.2, -0.15) is 11.8 Å². The quantitative estimate of drug-likeness (QED) is 0.812. The van der Waals surface area contributed by atoms with Gasteiger partial charge >= 0.3 is 0 Å². The third-order valence-corrected chi connectivity index (χ3v) is 4.16. The molecule has 0 radical (unpaired) electrons. The van der Waals surface area contributed by atoms with E-state index in [9.17, 15) is 0 Å². The first-order valence-corrected chi connectivity index (χ1v) is 7.38. The van der Waals surface area contributed by atoms with Gasteiger partial charge in [-0.25, -0.2) is 9.97 Å². The summed E-state index contributed by atoms with van der Waals surface area (Å²) in [4.78, 5) is 8.86. The van der Waals surface area contributed by atoms with Gasteiger partial charge in [0.05, 0.1) is 5.75 Å².